The number of hydrogen-bond donors (Lipinski definition) is 0. The van der Waals surface area contributed by atoms with Gasteiger partial charge in [-0.25, -0.2) is 0 Å². The van der Waals surface area contributed by atoms with Crippen LogP contribution in [0.15, 0.2) is 29.1 Å². The predicted molar refractivity (Wildman–Crippen MR) is 57.8 cm³/mol. The second-order valence-electron chi connectivity index (χ2n) is 2.86. The minimum atomic E-state index is 0.0498. The number of rotatable bonds is 0. The maximum Gasteiger partial charge on any atom is 0.188 e. The molecule has 66 valence electrons. The lowest BCUT2D eigenvalue weighted by Gasteiger charge is -1.97. The van der Waals surface area contributed by atoms with E-state index in [-0.39, 0.29) is 5.43 Å². The summed E-state index contributed by atoms with van der Waals surface area (Å²) in [6.45, 7) is 1.93. The average Bonchev–Trinajstić information content (AvgIpc) is 2.06. The summed E-state index contributed by atoms with van der Waals surface area (Å²) in [6, 6.07) is 7.05. The van der Waals surface area contributed by atoms with Crippen LogP contribution in [0.2, 0.25) is 5.02 Å². The summed E-state index contributed by atoms with van der Waals surface area (Å²) in [5.74, 6) is 0. The highest BCUT2D eigenvalue weighted by Crippen LogP contribution is 2.21. The van der Waals surface area contributed by atoms with Crippen LogP contribution in [0.5, 0.6) is 0 Å². The molecule has 0 aliphatic rings. The fourth-order valence-electron chi connectivity index (χ4n) is 1.25. The summed E-state index contributed by atoms with van der Waals surface area (Å²) in [6.07, 6.45) is 0. The molecule has 3 heteroatoms. The smallest absolute Gasteiger partial charge is 0.188 e. The third-order valence-electron chi connectivity index (χ3n) is 1.81. The van der Waals surface area contributed by atoms with Crippen LogP contribution < -0.4 is 5.43 Å². The lowest BCUT2D eigenvalue weighted by atomic mass is 10.2. The first-order valence-corrected chi connectivity index (χ1v) is 5.06. The second kappa shape index (κ2) is 3.13. The first-order chi connectivity index (χ1) is 6.16. The molecule has 0 saturated heterocycles. The van der Waals surface area contributed by atoms with E-state index < -0.39 is 0 Å². The Morgan fingerprint density at radius 1 is 1.31 bits per heavy atom. The highest BCUT2D eigenvalue weighted by Gasteiger charge is 2.00. The molecule has 0 saturated carbocycles. The van der Waals surface area contributed by atoms with Gasteiger partial charge in [-0.2, -0.15) is 0 Å². The number of halogens is 1. The van der Waals surface area contributed by atoms with Gasteiger partial charge < -0.3 is 0 Å². The zero-order valence-corrected chi connectivity index (χ0v) is 8.58. The van der Waals surface area contributed by atoms with Crippen molar-refractivity contribution < 1.29 is 0 Å². The summed E-state index contributed by atoms with van der Waals surface area (Å²) < 4.78 is 0.995. The maximum absolute atomic E-state index is 11.5. The van der Waals surface area contributed by atoms with Crippen LogP contribution in [0.1, 0.15) is 4.88 Å². The van der Waals surface area contributed by atoms with E-state index in [9.17, 15) is 4.79 Å². The molecule has 13 heavy (non-hydrogen) atoms. The highest BCUT2D eigenvalue weighted by atomic mass is 35.5. The van der Waals surface area contributed by atoms with Crippen LogP contribution in [-0.2, 0) is 0 Å². The summed E-state index contributed by atoms with van der Waals surface area (Å²) in [4.78, 5) is 12.5. The van der Waals surface area contributed by atoms with Gasteiger partial charge in [0.1, 0.15) is 0 Å². The van der Waals surface area contributed by atoms with Gasteiger partial charge in [0.2, 0.25) is 0 Å². The second-order valence-corrected chi connectivity index (χ2v) is 4.59. The quantitative estimate of drug-likeness (QED) is 0.653. The van der Waals surface area contributed by atoms with Gasteiger partial charge in [-0.3, -0.25) is 4.79 Å². The van der Waals surface area contributed by atoms with Crippen LogP contribution >= 0.6 is 22.9 Å². The molecule has 0 aliphatic heterocycles. The van der Waals surface area contributed by atoms with Crippen LogP contribution in [-0.4, -0.2) is 0 Å². The molecule has 0 aliphatic carbocycles. The molecule has 0 amide bonds. The van der Waals surface area contributed by atoms with E-state index in [0.717, 1.165) is 9.58 Å². The molecular formula is C10H7ClOS. The standard InChI is InChI=1S/C10H7ClOS/c1-6-4-9(12)8-5-7(11)2-3-10(8)13-6/h2-5H,1H3. The van der Waals surface area contributed by atoms with E-state index in [1.807, 2.05) is 13.0 Å². The van der Waals surface area contributed by atoms with Gasteiger partial charge in [0.25, 0.3) is 0 Å². The molecule has 0 N–H and O–H groups in total. The van der Waals surface area contributed by atoms with Crippen molar-refractivity contribution in [3.05, 3.63) is 44.4 Å². The zero-order chi connectivity index (χ0) is 9.42. The summed E-state index contributed by atoms with van der Waals surface area (Å²) in [5, 5.41) is 1.32. The third kappa shape index (κ3) is 1.60. The van der Waals surface area contributed by atoms with Crippen molar-refractivity contribution in [2.24, 2.45) is 0 Å². The van der Waals surface area contributed by atoms with Crippen molar-refractivity contribution in [3.63, 3.8) is 0 Å². The van der Waals surface area contributed by atoms with Gasteiger partial charge in [0, 0.05) is 20.0 Å². The molecule has 1 nitrogen and oxygen atoms in total. The van der Waals surface area contributed by atoms with E-state index >= 15 is 0 Å². The average molecular weight is 211 g/mol. The Morgan fingerprint density at radius 3 is 2.85 bits per heavy atom. The minimum Gasteiger partial charge on any atom is -0.289 e. The van der Waals surface area contributed by atoms with Crippen molar-refractivity contribution in [2.45, 2.75) is 6.92 Å². The molecule has 0 radical (unpaired) electrons. The molecule has 0 unspecified atom stereocenters. The Morgan fingerprint density at radius 2 is 2.08 bits per heavy atom. The van der Waals surface area contributed by atoms with Gasteiger partial charge in [-0.05, 0) is 31.2 Å². The minimum absolute atomic E-state index is 0.0498. The molecular weight excluding hydrogens is 204 g/mol. The Bertz CT molecular complexity index is 516. The fraction of sp³-hybridized carbons (Fsp3) is 0.100. The van der Waals surface area contributed by atoms with Gasteiger partial charge in [-0.1, -0.05) is 11.6 Å². The normalized spacial score (nSPS) is 10.6. The lowest BCUT2D eigenvalue weighted by Crippen LogP contribution is -1.98. The molecule has 2 aromatic rings. The Kier molecular flexibility index (Phi) is 2.10. The molecule has 0 bridgehead atoms. The first kappa shape index (κ1) is 8.73. The largest absolute Gasteiger partial charge is 0.289 e. The van der Waals surface area contributed by atoms with Crippen molar-refractivity contribution in [3.8, 4) is 0 Å². The van der Waals surface area contributed by atoms with Crippen molar-refractivity contribution in [2.75, 3.05) is 0 Å². The Labute approximate surface area is 84.6 Å². The van der Waals surface area contributed by atoms with E-state index in [1.54, 1.807) is 29.5 Å². The van der Waals surface area contributed by atoms with E-state index in [4.69, 9.17) is 11.6 Å². The number of aryl methyl sites for hydroxylation is 1. The Balaban J connectivity index is 2.95. The Hall–Kier alpha value is -0.860. The van der Waals surface area contributed by atoms with Crippen LogP contribution in [0.3, 0.4) is 0 Å². The highest BCUT2D eigenvalue weighted by molar-refractivity contribution is 7.18. The van der Waals surface area contributed by atoms with Crippen LogP contribution in [0, 0.1) is 6.92 Å². The van der Waals surface area contributed by atoms with E-state index in [0.29, 0.717) is 10.4 Å². The van der Waals surface area contributed by atoms with Crippen LogP contribution in [0.25, 0.3) is 10.1 Å². The summed E-state index contributed by atoms with van der Waals surface area (Å²) >= 11 is 7.40. The molecule has 1 heterocycles. The van der Waals surface area contributed by atoms with Crippen molar-refractivity contribution in [1.82, 2.24) is 0 Å². The number of fused-ring (bicyclic) bond motifs is 1. The van der Waals surface area contributed by atoms with Gasteiger partial charge >= 0.3 is 0 Å². The molecule has 1 aromatic heterocycles. The zero-order valence-electron chi connectivity index (χ0n) is 7.00. The van der Waals surface area contributed by atoms with Gasteiger partial charge in [0.15, 0.2) is 5.43 Å². The SMILES string of the molecule is Cc1cc(=O)c2cc(Cl)ccc2s1. The molecule has 0 fully saturated rings. The van der Waals surface area contributed by atoms with E-state index in [1.165, 1.54) is 0 Å². The summed E-state index contributed by atoms with van der Waals surface area (Å²) in [7, 11) is 0. The summed E-state index contributed by atoms with van der Waals surface area (Å²) in [5.41, 5.74) is 0.0498. The number of hydrogen-bond acceptors (Lipinski definition) is 2. The third-order valence-corrected chi connectivity index (χ3v) is 3.06. The topological polar surface area (TPSA) is 17.1 Å². The van der Waals surface area contributed by atoms with Crippen molar-refractivity contribution >= 4 is 33.0 Å². The van der Waals surface area contributed by atoms with Crippen molar-refractivity contribution in [1.29, 1.82) is 0 Å². The van der Waals surface area contributed by atoms with Crippen LogP contribution in [0.4, 0.5) is 0 Å². The monoisotopic (exact) mass is 210 g/mol. The predicted octanol–water partition coefficient (Wildman–Crippen LogP) is 3.22. The molecule has 1 aromatic carbocycles. The molecule has 0 spiro atoms. The van der Waals surface area contributed by atoms with Gasteiger partial charge in [0.05, 0.1) is 0 Å². The molecule has 2 rings (SSSR count). The number of benzene rings is 1. The lowest BCUT2D eigenvalue weighted by molar-refractivity contribution is 1.57. The fourth-order valence-corrected chi connectivity index (χ4v) is 2.34. The first-order valence-electron chi connectivity index (χ1n) is 3.87. The van der Waals surface area contributed by atoms with E-state index in [2.05, 4.69) is 0 Å². The molecule has 0 atom stereocenters. The van der Waals surface area contributed by atoms with Gasteiger partial charge in [-0.15, -0.1) is 11.3 Å². The maximum atomic E-state index is 11.5.